The Hall–Kier alpha value is -1.83. The lowest BCUT2D eigenvalue weighted by molar-refractivity contribution is 0.963. The molecule has 4 aromatic rings. The molecular weight excluding hydrogens is 308 g/mol. The van der Waals surface area contributed by atoms with Gasteiger partial charge in [0.15, 0.2) is 5.82 Å². The summed E-state index contributed by atoms with van der Waals surface area (Å²) in [7, 11) is 0. The minimum Gasteiger partial charge on any atom is -0.181 e. The fourth-order valence-corrected chi connectivity index (χ4v) is 3.85. The zero-order valence-electron chi connectivity index (χ0n) is 10.1. The molecule has 0 aliphatic heterocycles. The van der Waals surface area contributed by atoms with Gasteiger partial charge in [-0.25, -0.2) is 0 Å². The Morgan fingerprint density at radius 3 is 2.70 bits per heavy atom. The Morgan fingerprint density at radius 1 is 1.00 bits per heavy atom. The van der Waals surface area contributed by atoms with Crippen LogP contribution in [0.4, 0.5) is 0 Å². The van der Waals surface area contributed by atoms with Crippen molar-refractivity contribution in [1.82, 2.24) is 19.8 Å². The number of nitrogens with zero attached hydrogens (tertiary/aromatic N) is 4. The second kappa shape index (κ2) is 4.93. The highest BCUT2D eigenvalue weighted by atomic mass is 32.1. The Kier molecular flexibility index (Phi) is 2.95. The van der Waals surface area contributed by atoms with Crippen LogP contribution in [0, 0.1) is 0 Å². The second-order valence-corrected chi connectivity index (χ2v) is 6.90. The van der Waals surface area contributed by atoms with Crippen LogP contribution < -0.4 is 0 Å². The van der Waals surface area contributed by atoms with Crippen LogP contribution in [-0.2, 0) is 0 Å². The predicted molar refractivity (Wildman–Crippen MR) is 85.2 cm³/mol. The summed E-state index contributed by atoms with van der Waals surface area (Å²) < 4.78 is 1.81. The summed E-state index contributed by atoms with van der Waals surface area (Å²) in [6.45, 7) is 0. The highest BCUT2D eigenvalue weighted by molar-refractivity contribution is 7.17. The van der Waals surface area contributed by atoms with Gasteiger partial charge in [-0.05, 0) is 35.0 Å². The highest BCUT2D eigenvalue weighted by Crippen LogP contribution is 2.26. The first-order valence-electron chi connectivity index (χ1n) is 5.88. The Morgan fingerprint density at radius 2 is 1.90 bits per heavy atom. The fourth-order valence-electron chi connectivity index (χ4n) is 1.80. The third-order valence-corrected chi connectivity index (χ3v) is 5.25. The van der Waals surface area contributed by atoms with Crippen LogP contribution in [-0.4, -0.2) is 19.8 Å². The minimum absolute atomic E-state index is 0.807. The molecule has 0 aliphatic carbocycles. The summed E-state index contributed by atoms with van der Waals surface area (Å²) in [4.78, 5) is 3.12. The molecule has 0 spiro atoms. The topological polar surface area (TPSA) is 43.1 Å². The van der Waals surface area contributed by atoms with Gasteiger partial charge in [0.1, 0.15) is 5.01 Å². The molecule has 0 saturated heterocycles. The van der Waals surface area contributed by atoms with Gasteiger partial charge in [0.2, 0.25) is 4.96 Å². The van der Waals surface area contributed by atoms with E-state index in [1.807, 2.05) is 34.2 Å². The van der Waals surface area contributed by atoms with Gasteiger partial charge in [0.05, 0.1) is 4.88 Å². The molecule has 0 atom stereocenters. The smallest absolute Gasteiger partial charge is 0.181 e. The monoisotopic (exact) mass is 316 g/mol. The van der Waals surface area contributed by atoms with Gasteiger partial charge in [-0.1, -0.05) is 23.5 Å². The van der Waals surface area contributed by atoms with Gasteiger partial charge in [0.25, 0.3) is 0 Å². The highest BCUT2D eigenvalue weighted by Gasteiger charge is 2.12. The molecule has 7 heteroatoms. The average molecular weight is 316 g/mol. The van der Waals surface area contributed by atoms with Gasteiger partial charge in [-0.3, -0.25) is 0 Å². The van der Waals surface area contributed by atoms with Crippen molar-refractivity contribution in [2.45, 2.75) is 0 Å². The van der Waals surface area contributed by atoms with E-state index in [9.17, 15) is 0 Å². The first-order valence-corrected chi connectivity index (χ1v) is 8.45. The average Bonchev–Trinajstić information content (AvgIpc) is 3.20. The lowest BCUT2D eigenvalue weighted by atomic mass is 10.4. The zero-order valence-corrected chi connectivity index (χ0v) is 12.6. The molecule has 0 saturated carbocycles. The SMILES string of the molecule is C(=Cc1nn2c(-c3cccs3)nnc2s1)c1cccs1. The maximum Gasteiger partial charge on any atom is 0.235 e. The van der Waals surface area contributed by atoms with Crippen LogP contribution >= 0.6 is 34.0 Å². The summed E-state index contributed by atoms with van der Waals surface area (Å²) in [5.74, 6) is 0.807. The summed E-state index contributed by atoms with van der Waals surface area (Å²) in [5.41, 5.74) is 0. The van der Waals surface area contributed by atoms with Crippen molar-refractivity contribution in [1.29, 1.82) is 0 Å². The second-order valence-electron chi connectivity index (χ2n) is 3.98. The molecule has 0 bridgehead atoms. The van der Waals surface area contributed by atoms with Crippen molar-refractivity contribution in [3.63, 3.8) is 0 Å². The van der Waals surface area contributed by atoms with E-state index in [4.69, 9.17) is 0 Å². The van der Waals surface area contributed by atoms with Crippen LogP contribution in [0.1, 0.15) is 9.88 Å². The molecule has 4 heterocycles. The molecule has 0 N–H and O–H groups in total. The lowest BCUT2D eigenvalue weighted by Crippen LogP contribution is -1.88. The minimum atomic E-state index is 0.807. The predicted octanol–water partition coefficient (Wildman–Crippen LogP) is 4.15. The third-order valence-electron chi connectivity index (χ3n) is 2.68. The number of thiophene rings is 2. The van der Waals surface area contributed by atoms with Gasteiger partial charge in [-0.2, -0.15) is 9.61 Å². The number of rotatable bonds is 3. The lowest BCUT2D eigenvalue weighted by Gasteiger charge is -1.89. The van der Waals surface area contributed by atoms with Gasteiger partial charge >= 0.3 is 0 Å². The van der Waals surface area contributed by atoms with E-state index in [0.29, 0.717) is 0 Å². The van der Waals surface area contributed by atoms with Gasteiger partial charge < -0.3 is 0 Å². The van der Waals surface area contributed by atoms with Crippen molar-refractivity contribution >= 4 is 51.1 Å². The fraction of sp³-hybridized carbons (Fsp3) is 0. The van der Waals surface area contributed by atoms with Crippen molar-refractivity contribution in [3.8, 4) is 10.7 Å². The standard InChI is InChI=1S/C13H8N4S3/c1-3-9(18-7-1)5-6-11-16-17-12(10-4-2-8-19-10)14-15-13(17)20-11/h1-8H. The van der Waals surface area contributed by atoms with E-state index in [-0.39, 0.29) is 0 Å². The molecule has 20 heavy (non-hydrogen) atoms. The number of hydrogen-bond donors (Lipinski definition) is 0. The molecule has 0 aromatic carbocycles. The molecule has 98 valence electrons. The van der Waals surface area contributed by atoms with Crippen molar-refractivity contribution < 1.29 is 0 Å². The first kappa shape index (κ1) is 12.0. The van der Waals surface area contributed by atoms with Gasteiger partial charge in [-0.15, -0.1) is 32.9 Å². The van der Waals surface area contributed by atoms with Crippen LogP contribution in [0.15, 0.2) is 35.0 Å². The van der Waals surface area contributed by atoms with Crippen LogP contribution in [0.5, 0.6) is 0 Å². The third kappa shape index (κ3) is 2.09. The summed E-state index contributed by atoms with van der Waals surface area (Å²) in [6.07, 6.45) is 4.09. The summed E-state index contributed by atoms with van der Waals surface area (Å²) in [6, 6.07) is 8.16. The summed E-state index contributed by atoms with van der Waals surface area (Å²) in [5, 5.41) is 18.0. The quantitative estimate of drug-likeness (QED) is 0.570. The zero-order chi connectivity index (χ0) is 13.4. The Bertz CT molecular complexity index is 853. The first-order chi connectivity index (χ1) is 9.90. The Balaban J connectivity index is 1.73. The Labute approximate surface area is 126 Å². The molecule has 0 unspecified atom stereocenters. The molecule has 0 radical (unpaired) electrons. The van der Waals surface area contributed by atoms with Crippen molar-refractivity contribution in [2.24, 2.45) is 0 Å². The number of aromatic nitrogens is 4. The van der Waals surface area contributed by atoms with E-state index in [1.165, 1.54) is 16.2 Å². The number of hydrogen-bond acceptors (Lipinski definition) is 6. The largest absolute Gasteiger partial charge is 0.235 e. The molecule has 4 aromatic heterocycles. The van der Waals surface area contributed by atoms with E-state index < -0.39 is 0 Å². The normalized spacial score (nSPS) is 11.8. The van der Waals surface area contributed by atoms with E-state index in [1.54, 1.807) is 22.7 Å². The molecule has 0 amide bonds. The van der Waals surface area contributed by atoms with Crippen LogP contribution in [0.2, 0.25) is 0 Å². The molecule has 4 rings (SSSR count). The van der Waals surface area contributed by atoms with E-state index >= 15 is 0 Å². The van der Waals surface area contributed by atoms with E-state index in [0.717, 1.165) is 20.7 Å². The molecule has 4 nitrogen and oxygen atoms in total. The molecule has 0 aliphatic rings. The van der Waals surface area contributed by atoms with Crippen LogP contribution in [0.25, 0.3) is 27.8 Å². The molecular formula is C13H8N4S3. The van der Waals surface area contributed by atoms with Crippen molar-refractivity contribution in [3.05, 3.63) is 44.9 Å². The van der Waals surface area contributed by atoms with E-state index in [2.05, 4.69) is 32.8 Å². The van der Waals surface area contributed by atoms with Crippen molar-refractivity contribution in [2.75, 3.05) is 0 Å². The number of fused-ring (bicyclic) bond motifs is 1. The summed E-state index contributed by atoms with van der Waals surface area (Å²) >= 11 is 4.89. The maximum atomic E-state index is 4.56. The maximum absolute atomic E-state index is 4.56. The molecule has 0 fully saturated rings. The van der Waals surface area contributed by atoms with Gasteiger partial charge in [0, 0.05) is 4.88 Å². The van der Waals surface area contributed by atoms with Crippen LogP contribution in [0.3, 0.4) is 0 Å².